The third kappa shape index (κ3) is 29.9. The topological polar surface area (TPSA) is 584 Å². The summed E-state index contributed by atoms with van der Waals surface area (Å²) in [5.74, 6) is -10.4. The van der Waals surface area contributed by atoms with E-state index < -0.39 is 169 Å². The van der Waals surface area contributed by atoms with Crippen LogP contribution in [0.3, 0.4) is 0 Å². The zero-order valence-electron chi connectivity index (χ0n) is 58.6. The Hall–Kier alpha value is -9.64. The van der Waals surface area contributed by atoms with Crippen molar-refractivity contribution in [3.05, 3.63) is 71.8 Å². The van der Waals surface area contributed by atoms with Gasteiger partial charge in [0.1, 0.15) is 60.4 Å². The monoisotopic (exact) mass is 1450 g/mol. The SMILES string of the molecule is CSCC[C@H](NC(=O)[C@H](CC(C)C)NC(=O)[C@H](CCCN=C(N)N)NC(=O)[C@H](Cc1ccccc1)NC(=O)[C@H](Cc1ccccc1)NC(=O)[C@H](CCC(N)=O)NC(=O)[C@H](CCC(N)=O)NC(=O)[C@@H]1CCCN1C(=O)[C@H](CCCCN)NC(=O)[C@@H]1CCCN1C(=O)[C@@H](N)CCCN=C(N)N)C(N)=O. The highest BCUT2D eigenvalue weighted by Crippen LogP contribution is 2.24. The van der Waals surface area contributed by atoms with Crippen molar-refractivity contribution in [2.24, 2.45) is 67.5 Å². The highest BCUT2D eigenvalue weighted by Gasteiger charge is 2.43. The van der Waals surface area contributed by atoms with Crippen molar-refractivity contribution in [2.75, 3.05) is 44.7 Å². The molecule has 0 aliphatic carbocycles. The summed E-state index contributed by atoms with van der Waals surface area (Å²) >= 11 is 1.44. The minimum atomic E-state index is -1.68. The molecule has 0 aromatic heterocycles. The fourth-order valence-corrected chi connectivity index (χ4v) is 12.3. The number of amides is 13. The first-order chi connectivity index (χ1) is 48.5. The van der Waals surface area contributed by atoms with Gasteiger partial charge in [-0.05, 0) is 132 Å². The van der Waals surface area contributed by atoms with E-state index in [0.717, 1.165) is 0 Å². The third-order valence-electron chi connectivity index (χ3n) is 17.2. The van der Waals surface area contributed by atoms with Crippen LogP contribution in [0.1, 0.15) is 134 Å². The molecule has 564 valence electrons. The lowest BCUT2D eigenvalue weighted by Crippen LogP contribution is -2.61. The summed E-state index contributed by atoms with van der Waals surface area (Å²) in [6.45, 7) is 4.50. The van der Waals surface area contributed by atoms with Gasteiger partial charge in [0, 0.05) is 51.9 Å². The molecule has 0 radical (unpaired) electrons. The average Bonchev–Trinajstić information content (AvgIpc) is 1.62. The lowest BCUT2D eigenvalue weighted by Gasteiger charge is -2.32. The Bertz CT molecular complexity index is 3200. The van der Waals surface area contributed by atoms with E-state index in [1.165, 1.54) is 21.6 Å². The molecule has 35 heteroatoms. The van der Waals surface area contributed by atoms with Crippen LogP contribution in [-0.2, 0) is 75.2 Å². The highest BCUT2D eigenvalue weighted by molar-refractivity contribution is 7.98. The number of rotatable bonds is 46. The van der Waals surface area contributed by atoms with Crippen LogP contribution < -0.4 is 94.1 Å². The van der Waals surface area contributed by atoms with Gasteiger partial charge in [-0.1, -0.05) is 74.5 Å². The fourth-order valence-electron chi connectivity index (χ4n) is 11.8. The van der Waals surface area contributed by atoms with Gasteiger partial charge in [0.2, 0.25) is 76.8 Å². The Kier molecular flexibility index (Phi) is 37.0. The summed E-state index contributed by atoms with van der Waals surface area (Å²) in [5, 5.41) is 21.6. The summed E-state index contributed by atoms with van der Waals surface area (Å²) < 4.78 is 0. The number of thioether (sulfide) groups is 1. The van der Waals surface area contributed by atoms with Crippen molar-refractivity contribution in [3.8, 4) is 0 Å². The van der Waals surface area contributed by atoms with E-state index >= 15 is 0 Å². The van der Waals surface area contributed by atoms with Crippen LogP contribution in [0.5, 0.6) is 0 Å². The molecule has 2 heterocycles. The molecule has 0 saturated carbocycles. The summed E-state index contributed by atoms with van der Waals surface area (Å²) in [6, 6.07) is 2.67. The number of unbranched alkanes of at least 4 members (excludes halogenated alkanes) is 1. The van der Waals surface area contributed by atoms with Crippen LogP contribution in [0.4, 0.5) is 0 Å². The Labute approximate surface area is 599 Å². The molecule has 4 rings (SSSR count). The minimum Gasteiger partial charge on any atom is -0.370 e. The van der Waals surface area contributed by atoms with E-state index in [1.807, 2.05) is 20.1 Å². The van der Waals surface area contributed by atoms with Gasteiger partial charge in [-0.25, -0.2) is 0 Å². The van der Waals surface area contributed by atoms with Crippen molar-refractivity contribution in [3.63, 3.8) is 0 Å². The molecule has 0 bridgehead atoms. The fraction of sp³-hybridized carbons (Fsp3) is 0.597. The first-order valence-electron chi connectivity index (χ1n) is 34.6. The second-order valence-electron chi connectivity index (χ2n) is 25.9. The van der Waals surface area contributed by atoms with Crippen LogP contribution >= 0.6 is 11.8 Å². The van der Waals surface area contributed by atoms with Gasteiger partial charge in [-0.2, -0.15) is 11.8 Å². The largest absolute Gasteiger partial charge is 0.370 e. The Balaban J connectivity index is 1.64. The zero-order valence-corrected chi connectivity index (χ0v) is 59.4. The van der Waals surface area contributed by atoms with E-state index in [-0.39, 0.29) is 108 Å². The molecule has 2 aliphatic rings. The number of primary amides is 3. The normalized spacial score (nSPS) is 16.7. The standard InChI is InChI=1S/C67H107N21O13S/c1-39(2)36-48(59(95)79-43(55(72)91)29-35-102-3)84-56(92)44(22-13-32-78-67(75)76)80-60(96)49(37-40-16-6-4-7-17-40)86-61(97)50(38-41-18-8-5-9-19-41)85-58(94)45(25-27-53(70)89)81-57(93)46(26-28-54(71)90)82-62(98)52-24-15-34-88(52)65(101)47(21-10-11-30-68)83-63(99)51-23-14-33-87(51)64(100)42(69)20-12-31-77-66(73)74/h4-9,16-19,39,42-52H,10-15,20-38,68-69H2,1-3H3,(H2,70,89)(H2,71,90)(H2,72,91)(H,79,95)(H,80,96)(H,81,93)(H,82,98)(H,83,99)(H,84,92)(H,85,94)(H,86,97)(H4,73,74,77)(H4,75,76,78)/t42-,43-,44-,45-,46-,47-,48-,49-,50-,51-,52-/m0/s1. The molecule has 0 unspecified atom stereocenters. The van der Waals surface area contributed by atoms with Gasteiger partial charge in [0.05, 0.1) is 6.04 Å². The van der Waals surface area contributed by atoms with Crippen LogP contribution in [0.2, 0.25) is 0 Å². The number of likely N-dealkylation sites (tertiary alicyclic amines) is 2. The van der Waals surface area contributed by atoms with Gasteiger partial charge in [-0.3, -0.25) is 72.3 Å². The molecular weight excluding hydrogens is 1340 g/mol. The molecule has 34 nitrogen and oxygen atoms in total. The maximum absolute atomic E-state index is 15.0. The third-order valence-corrected chi connectivity index (χ3v) is 17.8. The first-order valence-corrected chi connectivity index (χ1v) is 36.0. The molecular formula is C67H107N21O13S. The van der Waals surface area contributed by atoms with E-state index in [0.29, 0.717) is 55.4 Å². The molecule has 2 fully saturated rings. The van der Waals surface area contributed by atoms with Crippen LogP contribution in [0.15, 0.2) is 70.6 Å². The number of nitrogens with zero attached hydrogens (tertiary/aromatic N) is 4. The molecule has 102 heavy (non-hydrogen) atoms. The smallest absolute Gasteiger partial charge is 0.245 e. The second-order valence-corrected chi connectivity index (χ2v) is 26.8. The van der Waals surface area contributed by atoms with E-state index in [9.17, 15) is 62.3 Å². The zero-order chi connectivity index (χ0) is 75.4. The van der Waals surface area contributed by atoms with E-state index in [4.69, 9.17) is 51.6 Å². The van der Waals surface area contributed by atoms with Crippen molar-refractivity contribution >= 4 is 100 Å². The van der Waals surface area contributed by atoms with Gasteiger partial charge >= 0.3 is 0 Å². The summed E-state index contributed by atoms with van der Waals surface area (Å²) in [5.41, 5.74) is 52.0. The maximum atomic E-state index is 15.0. The molecule has 2 aromatic rings. The summed E-state index contributed by atoms with van der Waals surface area (Å²) in [6.07, 6.45) is 2.83. The molecule has 0 spiro atoms. The lowest BCUT2D eigenvalue weighted by atomic mass is 10.00. The van der Waals surface area contributed by atoms with Crippen LogP contribution in [-0.4, -0.2) is 210 Å². The number of nitrogens with two attached hydrogens (primary N) is 9. The molecule has 13 amide bonds. The highest BCUT2D eigenvalue weighted by atomic mass is 32.2. The summed E-state index contributed by atoms with van der Waals surface area (Å²) in [7, 11) is 0. The number of carbonyl (C=O) groups excluding carboxylic acids is 13. The lowest BCUT2D eigenvalue weighted by molar-refractivity contribution is -0.144. The van der Waals surface area contributed by atoms with Crippen molar-refractivity contribution in [1.29, 1.82) is 0 Å². The van der Waals surface area contributed by atoms with Crippen LogP contribution in [0, 0.1) is 5.92 Å². The van der Waals surface area contributed by atoms with Crippen LogP contribution in [0.25, 0.3) is 0 Å². The molecule has 2 aliphatic heterocycles. The number of nitrogens with one attached hydrogen (secondary N) is 8. The minimum absolute atomic E-state index is 0.0286. The van der Waals surface area contributed by atoms with E-state index in [1.54, 1.807) is 60.7 Å². The van der Waals surface area contributed by atoms with Gasteiger partial charge < -0.3 is 104 Å². The molecule has 2 saturated heterocycles. The average molecular weight is 1450 g/mol. The van der Waals surface area contributed by atoms with Crippen molar-refractivity contribution in [1.82, 2.24) is 52.3 Å². The predicted molar refractivity (Wildman–Crippen MR) is 384 cm³/mol. The van der Waals surface area contributed by atoms with Gasteiger partial charge in [0.15, 0.2) is 11.9 Å². The first kappa shape index (κ1) is 84.8. The molecule has 26 N–H and O–H groups in total. The molecule has 2 aromatic carbocycles. The van der Waals surface area contributed by atoms with Crippen molar-refractivity contribution < 1.29 is 62.3 Å². The second kappa shape index (κ2) is 44.6. The van der Waals surface area contributed by atoms with Gasteiger partial charge in [-0.15, -0.1) is 0 Å². The van der Waals surface area contributed by atoms with Gasteiger partial charge in [0.25, 0.3) is 0 Å². The number of aliphatic imine (C=N–C) groups is 2. The predicted octanol–water partition coefficient (Wildman–Crippen LogP) is -4.29. The van der Waals surface area contributed by atoms with E-state index in [2.05, 4.69) is 52.5 Å². The number of guanidine groups is 2. The number of hydrogen-bond donors (Lipinski definition) is 17. The Morgan fingerprint density at radius 3 is 1.30 bits per heavy atom. The Morgan fingerprint density at radius 1 is 0.471 bits per heavy atom. The Morgan fingerprint density at radius 2 is 0.863 bits per heavy atom. The number of carbonyl (C=O) groups is 13. The summed E-state index contributed by atoms with van der Waals surface area (Å²) in [4.78, 5) is 192. The number of hydrogen-bond acceptors (Lipinski definition) is 18. The quantitative estimate of drug-likeness (QED) is 0.0169. The number of benzene rings is 2. The van der Waals surface area contributed by atoms with Crippen molar-refractivity contribution in [2.45, 2.75) is 202 Å². The maximum Gasteiger partial charge on any atom is 0.245 e. The molecule has 11 atom stereocenters.